The topological polar surface area (TPSA) is 35.2 Å². The van der Waals surface area contributed by atoms with E-state index in [-0.39, 0.29) is 11.4 Å². The zero-order chi connectivity index (χ0) is 11.1. The molecule has 0 bridgehead atoms. The fourth-order valence-electron chi connectivity index (χ4n) is 1.83. The van der Waals surface area contributed by atoms with E-state index in [9.17, 15) is 4.39 Å². The Kier molecular flexibility index (Phi) is 2.43. The third kappa shape index (κ3) is 1.72. The lowest BCUT2D eigenvalue weighted by Crippen LogP contribution is -2.20. The van der Waals surface area contributed by atoms with Crippen molar-refractivity contribution < 1.29 is 9.13 Å². The summed E-state index contributed by atoms with van der Waals surface area (Å²) in [5.41, 5.74) is 7.53. The lowest BCUT2D eigenvalue weighted by molar-refractivity contribution is 0.376. The van der Waals surface area contributed by atoms with Crippen LogP contribution in [0.1, 0.15) is 30.9 Å². The molecule has 1 aromatic carbocycles. The van der Waals surface area contributed by atoms with Crippen LogP contribution in [0.5, 0.6) is 5.75 Å². The van der Waals surface area contributed by atoms with Crippen molar-refractivity contribution in [2.75, 3.05) is 7.11 Å². The molecule has 0 atom stereocenters. The van der Waals surface area contributed by atoms with Gasteiger partial charge in [0.05, 0.1) is 7.11 Å². The summed E-state index contributed by atoms with van der Waals surface area (Å²) in [5, 5.41) is 0. The van der Waals surface area contributed by atoms with E-state index in [1.54, 1.807) is 0 Å². The maximum Gasteiger partial charge on any atom is 0.165 e. The molecule has 1 fully saturated rings. The summed E-state index contributed by atoms with van der Waals surface area (Å²) in [6.45, 7) is 2.00. The second-order valence-electron chi connectivity index (χ2n) is 4.17. The molecule has 2 nitrogen and oxygen atoms in total. The molecule has 0 spiro atoms. The van der Waals surface area contributed by atoms with E-state index < -0.39 is 0 Å². The molecule has 82 valence electrons. The summed E-state index contributed by atoms with van der Waals surface area (Å²) in [6.07, 6.45) is 2.63. The molecule has 2 N–H and O–H groups in total. The van der Waals surface area contributed by atoms with Gasteiger partial charge in [-0.25, -0.2) is 4.39 Å². The van der Waals surface area contributed by atoms with E-state index in [0.717, 1.165) is 30.4 Å². The molecule has 0 radical (unpaired) electrons. The molecule has 0 saturated heterocycles. The third-order valence-corrected chi connectivity index (χ3v) is 3.04. The highest BCUT2D eigenvalue weighted by Gasteiger charge is 2.43. The maximum atomic E-state index is 13.7. The van der Waals surface area contributed by atoms with Crippen LogP contribution in [-0.2, 0) is 12.0 Å². The SMILES string of the molecule is CCc1cc(F)c(OC)c(C2(N)CC2)c1. The van der Waals surface area contributed by atoms with Gasteiger partial charge in [0, 0.05) is 11.1 Å². The van der Waals surface area contributed by atoms with Crippen LogP contribution in [0.3, 0.4) is 0 Å². The predicted molar refractivity (Wildman–Crippen MR) is 57.4 cm³/mol. The van der Waals surface area contributed by atoms with Gasteiger partial charge in [0.25, 0.3) is 0 Å². The van der Waals surface area contributed by atoms with Gasteiger partial charge in [0.2, 0.25) is 0 Å². The number of ether oxygens (including phenoxy) is 1. The lowest BCUT2D eigenvalue weighted by Gasteiger charge is -2.16. The van der Waals surface area contributed by atoms with Gasteiger partial charge < -0.3 is 10.5 Å². The quantitative estimate of drug-likeness (QED) is 0.829. The van der Waals surface area contributed by atoms with E-state index in [1.165, 1.54) is 13.2 Å². The summed E-state index contributed by atoms with van der Waals surface area (Å²) in [6, 6.07) is 3.49. The minimum absolute atomic E-state index is 0.302. The number of aryl methyl sites for hydroxylation is 1. The minimum Gasteiger partial charge on any atom is -0.493 e. The van der Waals surface area contributed by atoms with Crippen LogP contribution in [0.15, 0.2) is 12.1 Å². The number of halogens is 1. The van der Waals surface area contributed by atoms with Crippen molar-refractivity contribution in [3.63, 3.8) is 0 Å². The Morgan fingerprint density at radius 2 is 2.13 bits per heavy atom. The standard InChI is InChI=1S/C12H16FNO/c1-3-8-6-9(12(14)4-5-12)11(15-2)10(13)7-8/h6-7H,3-5,14H2,1-2H3. The average Bonchev–Trinajstić information content (AvgIpc) is 2.96. The Morgan fingerprint density at radius 1 is 1.47 bits per heavy atom. The smallest absolute Gasteiger partial charge is 0.165 e. The number of hydrogen-bond donors (Lipinski definition) is 1. The van der Waals surface area contributed by atoms with Crippen molar-refractivity contribution in [3.05, 3.63) is 29.1 Å². The molecule has 0 amide bonds. The zero-order valence-corrected chi connectivity index (χ0v) is 9.14. The highest BCUT2D eigenvalue weighted by Crippen LogP contribution is 2.47. The normalized spacial score (nSPS) is 17.6. The maximum absolute atomic E-state index is 13.7. The van der Waals surface area contributed by atoms with Crippen LogP contribution in [0, 0.1) is 5.82 Å². The van der Waals surface area contributed by atoms with Crippen LogP contribution in [0.25, 0.3) is 0 Å². The van der Waals surface area contributed by atoms with Gasteiger partial charge >= 0.3 is 0 Å². The molecule has 0 unspecified atom stereocenters. The Balaban J connectivity index is 2.53. The first-order chi connectivity index (χ1) is 7.10. The molecular formula is C12H16FNO. The van der Waals surface area contributed by atoms with Gasteiger partial charge in [-0.15, -0.1) is 0 Å². The molecule has 1 aromatic rings. The highest BCUT2D eigenvalue weighted by molar-refractivity contribution is 5.45. The second kappa shape index (κ2) is 3.49. The fourth-order valence-corrected chi connectivity index (χ4v) is 1.83. The van der Waals surface area contributed by atoms with Gasteiger partial charge in [0.15, 0.2) is 11.6 Å². The third-order valence-electron chi connectivity index (χ3n) is 3.04. The predicted octanol–water partition coefficient (Wildman–Crippen LogP) is 2.34. The number of hydrogen-bond acceptors (Lipinski definition) is 2. The summed E-state index contributed by atoms with van der Waals surface area (Å²) in [7, 11) is 1.49. The van der Waals surface area contributed by atoms with Crippen molar-refractivity contribution in [2.45, 2.75) is 31.7 Å². The second-order valence-corrected chi connectivity index (χ2v) is 4.17. The van der Waals surface area contributed by atoms with Crippen molar-refractivity contribution in [1.82, 2.24) is 0 Å². The van der Waals surface area contributed by atoms with Crippen LogP contribution in [0.4, 0.5) is 4.39 Å². The molecule has 1 saturated carbocycles. The number of benzene rings is 1. The first kappa shape index (κ1) is 10.4. The lowest BCUT2D eigenvalue weighted by atomic mass is 10.00. The van der Waals surface area contributed by atoms with Crippen LogP contribution in [0.2, 0.25) is 0 Å². The molecule has 2 rings (SSSR count). The van der Waals surface area contributed by atoms with Crippen LogP contribution in [-0.4, -0.2) is 7.11 Å². The van der Waals surface area contributed by atoms with Gasteiger partial charge in [-0.1, -0.05) is 13.0 Å². The van der Waals surface area contributed by atoms with Crippen molar-refractivity contribution in [3.8, 4) is 5.75 Å². The Hall–Kier alpha value is -1.09. The molecule has 1 aliphatic rings. The van der Waals surface area contributed by atoms with Crippen molar-refractivity contribution in [2.24, 2.45) is 5.73 Å². The molecule has 15 heavy (non-hydrogen) atoms. The number of nitrogens with two attached hydrogens (primary N) is 1. The van der Waals surface area contributed by atoms with E-state index in [4.69, 9.17) is 10.5 Å². The number of methoxy groups -OCH3 is 1. The summed E-state index contributed by atoms with van der Waals surface area (Å²) >= 11 is 0. The Labute approximate surface area is 89.2 Å². The Bertz CT molecular complexity index is 385. The van der Waals surface area contributed by atoms with E-state index in [0.29, 0.717) is 5.75 Å². The number of rotatable bonds is 3. The largest absolute Gasteiger partial charge is 0.493 e. The van der Waals surface area contributed by atoms with Crippen LogP contribution < -0.4 is 10.5 Å². The van der Waals surface area contributed by atoms with Crippen LogP contribution >= 0.6 is 0 Å². The molecular weight excluding hydrogens is 193 g/mol. The van der Waals surface area contributed by atoms with Gasteiger partial charge in [-0.05, 0) is 30.9 Å². The summed E-state index contributed by atoms with van der Waals surface area (Å²) < 4.78 is 18.8. The van der Waals surface area contributed by atoms with E-state index >= 15 is 0 Å². The molecule has 0 aromatic heterocycles. The van der Waals surface area contributed by atoms with Gasteiger partial charge in [-0.3, -0.25) is 0 Å². The van der Waals surface area contributed by atoms with E-state index in [2.05, 4.69) is 0 Å². The molecule has 0 aliphatic heterocycles. The highest BCUT2D eigenvalue weighted by atomic mass is 19.1. The van der Waals surface area contributed by atoms with Gasteiger partial charge in [0.1, 0.15) is 0 Å². The first-order valence-corrected chi connectivity index (χ1v) is 5.26. The monoisotopic (exact) mass is 209 g/mol. The minimum atomic E-state index is -0.350. The van der Waals surface area contributed by atoms with Crippen molar-refractivity contribution in [1.29, 1.82) is 0 Å². The summed E-state index contributed by atoms with van der Waals surface area (Å²) in [5.74, 6) is 0.00998. The summed E-state index contributed by atoms with van der Waals surface area (Å²) in [4.78, 5) is 0. The average molecular weight is 209 g/mol. The molecule has 3 heteroatoms. The fraction of sp³-hybridized carbons (Fsp3) is 0.500. The van der Waals surface area contributed by atoms with Crippen molar-refractivity contribution >= 4 is 0 Å². The molecule has 0 heterocycles. The van der Waals surface area contributed by atoms with E-state index in [1.807, 2.05) is 13.0 Å². The first-order valence-electron chi connectivity index (χ1n) is 5.26. The Morgan fingerprint density at radius 3 is 2.60 bits per heavy atom. The zero-order valence-electron chi connectivity index (χ0n) is 9.14. The van der Waals surface area contributed by atoms with Gasteiger partial charge in [-0.2, -0.15) is 0 Å². The molecule has 1 aliphatic carbocycles.